The van der Waals surface area contributed by atoms with Crippen molar-refractivity contribution in [3.05, 3.63) is 0 Å². The van der Waals surface area contributed by atoms with Crippen molar-refractivity contribution >= 4 is 17.5 Å². The quantitative estimate of drug-likeness (QED) is 0.596. The van der Waals surface area contributed by atoms with Crippen molar-refractivity contribution in [1.29, 1.82) is 0 Å². The topological polar surface area (TPSA) is 20.3 Å². The molecule has 0 aromatic carbocycles. The van der Waals surface area contributed by atoms with Crippen LogP contribution in [0.3, 0.4) is 0 Å². The second-order valence-electron chi connectivity index (χ2n) is 4.14. The lowest BCUT2D eigenvalue weighted by molar-refractivity contribution is -0.130. The molecule has 1 atom stereocenters. The summed E-state index contributed by atoms with van der Waals surface area (Å²) in [7, 11) is 0. The van der Waals surface area contributed by atoms with E-state index in [1.54, 1.807) is 0 Å². The number of hydrogen-bond acceptors (Lipinski definition) is 1. The van der Waals surface area contributed by atoms with Gasteiger partial charge in [-0.3, -0.25) is 4.79 Å². The Morgan fingerprint density at radius 1 is 1.23 bits per heavy atom. The van der Waals surface area contributed by atoms with E-state index < -0.39 is 0 Å². The first kappa shape index (κ1) is 9.32. The Labute approximate surface area is 84.2 Å². The van der Waals surface area contributed by atoms with E-state index in [0.29, 0.717) is 12.5 Å². The molecule has 2 rings (SSSR count). The molecule has 1 unspecified atom stereocenters. The minimum Gasteiger partial charge on any atom is -0.338 e. The summed E-state index contributed by atoms with van der Waals surface area (Å²) in [5.74, 6) is 0.270. The Morgan fingerprint density at radius 2 is 1.92 bits per heavy atom. The Morgan fingerprint density at radius 3 is 2.46 bits per heavy atom. The Kier molecular flexibility index (Phi) is 2.77. The van der Waals surface area contributed by atoms with Gasteiger partial charge in [0.05, 0.1) is 5.38 Å². The molecular formula is C10H16ClNO. The third-order valence-electron chi connectivity index (χ3n) is 3.13. The minimum atomic E-state index is 0.0643. The van der Waals surface area contributed by atoms with Crippen molar-refractivity contribution in [3.8, 4) is 0 Å². The maximum absolute atomic E-state index is 11.5. The summed E-state index contributed by atoms with van der Waals surface area (Å²) >= 11 is 5.96. The minimum absolute atomic E-state index is 0.0643. The number of carbonyl (C=O) groups excluding carboxylic acids is 1. The van der Waals surface area contributed by atoms with E-state index in [1.165, 1.54) is 32.1 Å². The molecule has 1 aliphatic heterocycles. The normalized spacial score (nSPS) is 31.3. The van der Waals surface area contributed by atoms with Crippen LogP contribution in [0.15, 0.2) is 0 Å². The number of rotatable bonds is 1. The van der Waals surface area contributed by atoms with Gasteiger partial charge >= 0.3 is 0 Å². The summed E-state index contributed by atoms with van der Waals surface area (Å²) in [5, 5.41) is 0.0643. The third-order valence-corrected chi connectivity index (χ3v) is 3.42. The van der Waals surface area contributed by atoms with E-state index in [2.05, 4.69) is 0 Å². The zero-order valence-corrected chi connectivity index (χ0v) is 8.59. The van der Waals surface area contributed by atoms with Crippen LogP contribution < -0.4 is 0 Å². The molecule has 2 nitrogen and oxygen atoms in total. The van der Waals surface area contributed by atoms with E-state index in [4.69, 9.17) is 11.6 Å². The molecule has 2 fully saturated rings. The zero-order chi connectivity index (χ0) is 9.26. The summed E-state index contributed by atoms with van der Waals surface area (Å²) in [6.45, 7) is 0.783. The number of alkyl halides is 1. The summed E-state index contributed by atoms with van der Waals surface area (Å²) in [6.07, 6.45) is 6.83. The van der Waals surface area contributed by atoms with Crippen LogP contribution in [0.4, 0.5) is 0 Å². The first-order valence-electron chi connectivity index (χ1n) is 5.21. The van der Waals surface area contributed by atoms with Crippen LogP contribution >= 0.6 is 11.6 Å². The van der Waals surface area contributed by atoms with Crippen LogP contribution in [-0.4, -0.2) is 28.8 Å². The highest BCUT2D eigenvalue weighted by molar-refractivity contribution is 6.22. The van der Waals surface area contributed by atoms with E-state index in [1.807, 2.05) is 4.90 Å². The highest BCUT2D eigenvalue weighted by Crippen LogP contribution is 2.27. The lowest BCUT2D eigenvalue weighted by atomic mass is 9.94. The molecule has 1 saturated carbocycles. The fourth-order valence-electron chi connectivity index (χ4n) is 2.43. The lowest BCUT2D eigenvalue weighted by Gasteiger charge is -2.30. The monoisotopic (exact) mass is 201 g/mol. The van der Waals surface area contributed by atoms with E-state index in [-0.39, 0.29) is 11.3 Å². The number of amides is 1. The van der Waals surface area contributed by atoms with Crippen molar-refractivity contribution in [3.63, 3.8) is 0 Å². The van der Waals surface area contributed by atoms with Crippen molar-refractivity contribution in [2.75, 3.05) is 6.54 Å². The first-order valence-corrected chi connectivity index (χ1v) is 5.64. The summed E-state index contributed by atoms with van der Waals surface area (Å²) in [4.78, 5) is 13.5. The number of hydrogen-bond donors (Lipinski definition) is 0. The molecule has 0 bridgehead atoms. The number of carbonyl (C=O) groups is 1. The highest BCUT2D eigenvalue weighted by atomic mass is 35.5. The highest BCUT2D eigenvalue weighted by Gasteiger charge is 2.33. The van der Waals surface area contributed by atoms with Crippen LogP contribution in [0.2, 0.25) is 0 Å². The second-order valence-corrected chi connectivity index (χ2v) is 4.76. The molecule has 74 valence electrons. The molecule has 0 radical (unpaired) electrons. The fourth-order valence-corrected chi connectivity index (χ4v) is 2.71. The van der Waals surface area contributed by atoms with Gasteiger partial charge in [0.2, 0.25) is 5.91 Å². The van der Waals surface area contributed by atoms with Gasteiger partial charge in [-0.25, -0.2) is 0 Å². The predicted octanol–water partition coefficient (Wildman–Crippen LogP) is 2.16. The van der Waals surface area contributed by atoms with Crippen LogP contribution in [0.5, 0.6) is 0 Å². The molecule has 13 heavy (non-hydrogen) atoms. The first-order chi connectivity index (χ1) is 6.27. The van der Waals surface area contributed by atoms with Crippen LogP contribution in [0.1, 0.15) is 38.5 Å². The predicted molar refractivity (Wildman–Crippen MR) is 52.8 cm³/mol. The molecule has 1 amide bonds. The van der Waals surface area contributed by atoms with Crippen molar-refractivity contribution in [1.82, 2.24) is 4.90 Å². The van der Waals surface area contributed by atoms with Crippen LogP contribution in [0.25, 0.3) is 0 Å². The number of halogens is 1. The van der Waals surface area contributed by atoms with Crippen LogP contribution in [-0.2, 0) is 4.79 Å². The SMILES string of the molecule is O=C1CC(Cl)CN1C1CCCCC1. The van der Waals surface area contributed by atoms with Gasteiger partial charge < -0.3 is 4.90 Å². The van der Waals surface area contributed by atoms with Gasteiger partial charge in [-0.15, -0.1) is 11.6 Å². The smallest absolute Gasteiger partial charge is 0.224 e. The van der Waals surface area contributed by atoms with Gasteiger partial charge in [0.25, 0.3) is 0 Å². The summed E-state index contributed by atoms with van der Waals surface area (Å²) < 4.78 is 0. The molecule has 1 heterocycles. The fraction of sp³-hybridized carbons (Fsp3) is 0.900. The molecule has 1 saturated heterocycles. The maximum Gasteiger partial charge on any atom is 0.224 e. The van der Waals surface area contributed by atoms with Gasteiger partial charge in [-0.1, -0.05) is 19.3 Å². The zero-order valence-electron chi connectivity index (χ0n) is 7.84. The molecule has 0 aromatic rings. The van der Waals surface area contributed by atoms with Gasteiger partial charge in [0.1, 0.15) is 0 Å². The lowest BCUT2D eigenvalue weighted by Crippen LogP contribution is -2.37. The average Bonchev–Trinajstić information content (AvgIpc) is 2.47. The number of likely N-dealkylation sites (tertiary alicyclic amines) is 1. The molecule has 1 aliphatic carbocycles. The average molecular weight is 202 g/mol. The Balaban J connectivity index is 1.95. The standard InChI is InChI=1S/C10H16ClNO/c11-8-6-10(13)12(7-8)9-4-2-1-3-5-9/h8-9H,1-7H2. The second kappa shape index (κ2) is 3.87. The van der Waals surface area contributed by atoms with Crippen molar-refractivity contribution in [2.24, 2.45) is 0 Å². The maximum atomic E-state index is 11.5. The van der Waals surface area contributed by atoms with E-state index >= 15 is 0 Å². The molecular weight excluding hydrogens is 186 g/mol. The van der Waals surface area contributed by atoms with Crippen LogP contribution in [0, 0.1) is 0 Å². The van der Waals surface area contributed by atoms with Crippen molar-refractivity contribution < 1.29 is 4.79 Å². The Hall–Kier alpha value is -0.240. The molecule has 0 N–H and O–H groups in total. The third kappa shape index (κ3) is 1.98. The Bertz CT molecular complexity index is 201. The molecule has 3 heteroatoms. The van der Waals surface area contributed by atoms with Gasteiger partial charge in [-0.05, 0) is 12.8 Å². The van der Waals surface area contributed by atoms with Gasteiger partial charge in [0.15, 0.2) is 0 Å². The van der Waals surface area contributed by atoms with Crippen molar-refractivity contribution in [2.45, 2.75) is 49.9 Å². The summed E-state index contributed by atoms with van der Waals surface area (Å²) in [5.41, 5.74) is 0. The molecule has 0 aromatic heterocycles. The van der Waals surface area contributed by atoms with Gasteiger partial charge in [-0.2, -0.15) is 0 Å². The summed E-state index contributed by atoms with van der Waals surface area (Å²) in [6, 6.07) is 0.505. The van der Waals surface area contributed by atoms with Gasteiger partial charge in [0, 0.05) is 19.0 Å². The largest absolute Gasteiger partial charge is 0.338 e. The number of nitrogens with zero attached hydrogens (tertiary/aromatic N) is 1. The molecule has 0 spiro atoms. The van der Waals surface area contributed by atoms with E-state index in [9.17, 15) is 4.79 Å². The van der Waals surface area contributed by atoms with E-state index in [0.717, 1.165) is 6.54 Å². The molecule has 2 aliphatic rings.